The normalized spacial score (nSPS) is 19.4. The van der Waals surface area contributed by atoms with Gasteiger partial charge in [-0.3, -0.25) is 4.79 Å². The Bertz CT molecular complexity index is 1050. The van der Waals surface area contributed by atoms with Crippen LogP contribution in [0, 0.1) is 0 Å². The first-order chi connectivity index (χ1) is 15.9. The Morgan fingerprint density at radius 1 is 1.12 bits per heavy atom. The van der Waals surface area contributed by atoms with Gasteiger partial charge in [0, 0.05) is 38.6 Å². The molecule has 0 aromatic heterocycles. The molecule has 0 radical (unpaired) electrons. The zero-order valence-corrected chi connectivity index (χ0v) is 18.3. The van der Waals surface area contributed by atoms with Crippen LogP contribution in [0.4, 0.5) is 4.79 Å². The number of ether oxygens (including phenoxy) is 2. The summed E-state index contributed by atoms with van der Waals surface area (Å²) < 4.78 is 10.6. The molecule has 1 aliphatic heterocycles. The van der Waals surface area contributed by atoms with Gasteiger partial charge in [0.1, 0.15) is 6.61 Å². The van der Waals surface area contributed by atoms with Gasteiger partial charge in [-0.2, -0.15) is 0 Å². The van der Waals surface area contributed by atoms with E-state index in [4.69, 9.17) is 9.47 Å². The van der Waals surface area contributed by atoms with Crippen molar-refractivity contribution in [3.63, 3.8) is 0 Å². The molecule has 0 bridgehead atoms. The van der Waals surface area contributed by atoms with E-state index in [0.29, 0.717) is 6.54 Å². The highest BCUT2D eigenvalue weighted by Gasteiger charge is 2.46. The smallest absolute Gasteiger partial charge is 0.407 e. The van der Waals surface area contributed by atoms with Crippen molar-refractivity contribution < 1.29 is 29.0 Å². The minimum Gasteiger partial charge on any atom is -0.479 e. The molecule has 0 spiro atoms. The molecule has 172 valence electrons. The van der Waals surface area contributed by atoms with Crippen molar-refractivity contribution in [2.45, 2.75) is 17.9 Å². The molecule has 1 saturated heterocycles. The van der Waals surface area contributed by atoms with Crippen molar-refractivity contribution >= 4 is 18.0 Å². The van der Waals surface area contributed by atoms with Gasteiger partial charge in [0.05, 0.1) is 6.54 Å². The lowest BCUT2D eigenvalue weighted by Gasteiger charge is -2.22. The number of carboxylic acid groups (broad SMARTS) is 1. The number of nitrogens with one attached hydrogen (secondary N) is 1. The first kappa shape index (κ1) is 22.5. The van der Waals surface area contributed by atoms with Crippen LogP contribution in [0.15, 0.2) is 60.7 Å². The third-order valence-electron chi connectivity index (χ3n) is 6.29. The fourth-order valence-corrected chi connectivity index (χ4v) is 4.46. The van der Waals surface area contributed by atoms with Crippen LogP contribution in [0.1, 0.15) is 23.5 Å². The number of carbonyl (C=O) groups excluding carboxylic acids is 2. The predicted molar refractivity (Wildman–Crippen MR) is 121 cm³/mol. The lowest BCUT2D eigenvalue weighted by atomic mass is 9.98. The second kappa shape index (κ2) is 9.46. The monoisotopic (exact) mass is 450 g/mol. The molecule has 33 heavy (non-hydrogen) atoms. The second-order valence-electron chi connectivity index (χ2n) is 8.12. The largest absolute Gasteiger partial charge is 0.479 e. The molecule has 2 aromatic carbocycles. The average Bonchev–Trinajstić information content (AvgIpc) is 3.41. The van der Waals surface area contributed by atoms with E-state index in [1.807, 2.05) is 24.3 Å². The number of likely N-dealkylation sites (tertiary alicyclic amines) is 1. The number of nitrogens with zero attached hydrogens (tertiary/aromatic N) is 1. The third-order valence-corrected chi connectivity index (χ3v) is 6.29. The van der Waals surface area contributed by atoms with E-state index in [1.54, 1.807) is 0 Å². The van der Waals surface area contributed by atoms with Crippen molar-refractivity contribution in [2.75, 3.05) is 33.4 Å². The zero-order valence-electron chi connectivity index (χ0n) is 18.3. The summed E-state index contributed by atoms with van der Waals surface area (Å²) in [5.41, 5.74) is 3.23. The van der Waals surface area contributed by atoms with Gasteiger partial charge < -0.3 is 24.8 Å². The molecule has 1 unspecified atom stereocenters. The number of carboxylic acids is 1. The molecule has 4 rings (SSSR count). The number of methoxy groups -OCH3 is 1. The van der Waals surface area contributed by atoms with Crippen LogP contribution in [-0.2, 0) is 19.1 Å². The number of alkyl carbamates (subject to hydrolysis) is 1. The Morgan fingerprint density at radius 2 is 1.76 bits per heavy atom. The van der Waals surface area contributed by atoms with Gasteiger partial charge in [0.2, 0.25) is 5.91 Å². The fourth-order valence-electron chi connectivity index (χ4n) is 4.46. The van der Waals surface area contributed by atoms with Crippen molar-refractivity contribution in [2.24, 2.45) is 0 Å². The fraction of sp³-hybridized carbons (Fsp3) is 0.320. The molecule has 2 amide bonds. The third kappa shape index (κ3) is 4.47. The van der Waals surface area contributed by atoms with Crippen LogP contribution in [0.3, 0.4) is 0 Å². The number of carbonyl (C=O) groups is 3. The highest BCUT2D eigenvalue weighted by Crippen LogP contribution is 2.44. The maximum Gasteiger partial charge on any atom is 0.407 e. The highest BCUT2D eigenvalue weighted by molar-refractivity contribution is 5.89. The molecule has 2 aliphatic rings. The molecule has 1 heterocycles. The molecular weight excluding hydrogens is 424 g/mol. The number of fused-ring (bicyclic) bond motifs is 3. The lowest BCUT2D eigenvalue weighted by Crippen LogP contribution is -2.44. The summed E-state index contributed by atoms with van der Waals surface area (Å²) in [6.07, 6.45) is 2.49. The van der Waals surface area contributed by atoms with Crippen LogP contribution in [0.2, 0.25) is 0 Å². The summed E-state index contributed by atoms with van der Waals surface area (Å²) in [6, 6.07) is 16.2. The van der Waals surface area contributed by atoms with Crippen LogP contribution < -0.4 is 5.32 Å². The summed E-state index contributed by atoms with van der Waals surface area (Å²) in [7, 11) is 1.33. The molecule has 8 heteroatoms. The van der Waals surface area contributed by atoms with Gasteiger partial charge in [-0.05, 0) is 22.3 Å². The predicted octanol–water partition coefficient (Wildman–Crippen LogP) is 2.78. The molecule has 1 fully saturated rings. The summed E-state index contributed by atoms with van der Waals surface area (Å²) in [5, 5.41) is 11.9. The van der Waals surface area contributed by atoms with Gasteiger partial charge in [0.25, 0.3) is 0 Å². The SMILES string of the molecule is COC1(C(=O)O)CCN(C(=O)/C=C/CNC(=O)OCC2c3ccccc3-c3ccccc32)C1. The van der Waals surface area contributed by atoms with E-state index in [1.165, 1.54) is 24.2 Å². The Balaban J connectivity index is 1.26. The molecule has 1 atom stereocenters. The van der Waals surface area contributed by atoms with Crippen LogP contribution in [-0.4, -0.2) is 66.9 Å². The molecule has 0 saturated carbocycles. The maximum absolute atomic E-state index is 12.3. The first-order valence-electron chi connectivity index (χ1n) is 10.8. The Labute approximate surface area is 191 Å². The number of hydrogen-bond donors (Lipinski definition) is 2. The molecular formula is C25H26N2O6. The van der Waals surface area contributed by atoms with Crippen molar-refractivity contribution in [1.29, 1.82) is 0 Å². The van der Waals surface area contributed by atoms with Crippen molar-refractivity contribution in [3.05, 3.63) is 71.8 Å². The van der Waals surface area contributed by atoms with Gasteiger partial charge in [-0.15, -0.1) is 0 Å². The van der Waals surface area contributed by atoms with Gasteiger partial charge in [0.15, 0.2) is 5.60 Å². The molecule has 2 aromatic rings. The first-order valence-corrected chi connectivity index (χ1v) is 10.8. The minimum atomic E-state index is -1.36. The van der Waals surface area contributed by atoms with Crippen LogP contribution >= 0.6 is 0 Å². The number of hydrogen-bond acceptors (Lipinski definition) is 5. The number of aliphatic carboxylic acids is 1. The minimum absolute atomic E-state index is 0.0121. The summed E-state index contributed by atoms with van der Waals surface area (Å²) in [6.45, 7) is 0.611. The van der Waals surface area contributed by atoms with Crippen LogP contribution in [0.5, 0.6) is 0 Å². The summed E-state index contributed by atoms with van der Waals surface area (Å²) in [4.78, 5) is 37.3. The van der Waals surface area contributed by atoms with Crippen LogP contribution in [0.25, 0.3) is 11.1 Å². The van der Waals surface area contributed by atoms with Gasteiger partial charge >= 0.3 is 12.1 Å². The Hall–Kier alpha value is -3.65. The summed E-state index contributed by atoms with van der Waals surface area (Å²) >= 11 is 0. The summed E-state index contributed by atoms with van der Waals surface area (Å²) in [5.74, 6) is -1.43. The van der Waals surface area contributed by atoms with E-state index >= 15 is 0 Å². The zero-order chi connectivity index (χ0) is 23.4. The van der Waals surface area contributed by atoms with Gasteiger partial charge in [-0.1, -0.05) is 54.6 Å². The topological polar surface area (TPSA) is 105 Å². The van der Waals surface area contributed by atoms with Crippen molar-refractivity contribution in [1.82, 2.24) is 10.2 Å². The molecule has 2 N–H and O–H groups in total. The Kier molecular flexibility index (Phi) is 6.46. The van der Waals surface area contributed by atoms with E-state index < -0.39 is 17.7 Å². The van der Waals surface area contributed by atoms with E-state index in [9.17, 15) is 19.5 Å². The van der Waals surface area contributed by atoms with Crippen molar-refractivity contribution in [3.8, 4) is 11.1 Å². The van der Waals surface area contributed by atoms with Gasteiger partial charge in [-0.25, -0.2) is 9.59 Å². The quantitative estimate of drug-likeness (QED) is 0.629. The van der Waals surface area contributed by atoms with E-state index in [2.05, 4.69) is 29.6 Å². The molecule has 1 aliphatic carbocycles. The maximum atomic E-state index is 12.3. The Morgan fingerprint density at radius 3 is 2.33 bits per heavy atom. The number of benzene rings is 2. The molecule has 8 nitrogen and oxygen atoms in total. The van der Waals surface area contributed by atoms with E-state index in [0.717, 1.165) is 22.3 Å². The number of rotatable bonds is 7. The lowest BCUT2D eigenvalue weighted by molar-refractivity contribution is -0.160. The van der Waals surface area contributed by atoms with E-state index in [-0.39, 0.29) is 37.9 Å². The second-order valence-corrected chi connectivity index (χ2v) is 8.12. The number of amides is 2. The highest BCUT2D eigenvalue weighted by atomic mass is 16.5. The standard InChI is InChI=1S/C25H26N2O6/c1-32-25(23(29)30)12-14-27(16-25)22(28)11-6-13-26-24(31)33-15-21-19-9-4-2-7-17(19)18-8-3-5-10-20(18)21/h2-11,21H,12-16H2,1H3,(H,26,31)(H,29,30)/b11-6+. The average molecular weight is 450 g/mol.